The molecule has 3 heteroatoms. The number of nitrogens with zero attached hydrogens (tertiary/aromatic N) is 2. The van der Waals surface area contributed by atoms with Gasteiger partial charge in [0.2, 0.25) is 0 Å². The van der Waals surface area contributed by atoms with E-state index in [2.05, 4.69) is 41.3 Å². The van der Waals surface area contributed by atoms with E-state index in [1.165, 1.54) is 0 Å². The van der Waals surface area contributed by atoms with Gasteiger partial charge in [0.25, 0.3) is 5.91 Å². The normalized spacial score (nSPS) is 10.8. The highest BCUT2D eigenvalue weighted by Crippen LogP contribution is 2.34. The number of anilines is 5. The molecular weight excluding hydrogens is 440 g/mol. The van der Waals surface area contributed by atoms with Crippen LogP contribution in [-0.4, -0.2) is 5.91 Å². The quantitative estimate of drug-likeness (QED) is 0.224. The third-order valence-electron chi connectivity index (χ3n) is 5.85. The van der Waals surface area contributed by atoms with Crippen molar-refractivity contribution in [2.24, 2.45) is 0 Å². The van der Waals surface area contributed by atoms with Crippen molar-refractivity contribution in [1.82, 2.24) is 0 Å². The highest BCUT2D eigenvalue weighted by atomic mass is 16.2. The Balaban J connectivity index is 1.41. The van der Waals surface area contributed by atoms with Gasteiger partial charge in [0.1, 0.15) is 0 Å². The molecule has 1 amide bonds. The average Bonchev–Trinajstić information content (AvgIpc) is 2.95. The van der Waals surface area contributed by atoms with E-state index in [0.29, 0.717) is 0 Å². The molecule has 5 aromatic carbocycles. The molecule has 0 N–H and O–H groups in total. The molecule has 0 radical (unpaired) electrons. The summed E-state index contributed by atoms with van der Waals surface area (Å²) in [5, 5.41) is 0. The number of para-hydroxylation sites is 4. The van der Waals surface area contributed by atoms with Crippen LogP contribution >= 0.6 is 0 Å². The molecule has 5 aromatic rings. The molecule has 0 heterocycles. The highest BCUT2D eigenvalue weighted by molar-refractivity contribution is 6.08. The predicted molar refractivity (Wildman–Crippen MR) is 150 cm³/mol. The van der Waals surface area contributed by atoms with Gasteiger partial charge in [-0.05, 0) is 72.3 Å². The molecule has 3 nitrogen and oxygen atoms in total. The van der Waals surface area contributed by atoms with Gasteiger partial charge in [0, 0.05) is 34.5 Å². The lowest BCUT2D eigenvalue weighted by Crippen LogP contribution is -2.23. The van der Waals surface area contributed by atoms with Crippen molar-refractivity contribution in [1.29, 1.82) is 0 Å². The van der Waals surface area contributed by atoms with Crippen LogP contribution < -0.4 is 9.80 Å². The smallest absolute Gasteiger partial charge is 0.255 e. The van der Waals surface area contributed by atoms with E-state index in [0.717, 1.165) is 34.0 Å². The van der Waals surface area contributed by atoms with Crippen LogP contribution in [0.2, 0.25) is 0 Å². The van der Waals surface area contributed by atoms with Gasteiger partial charge in [0.05, 0.1) is 0 Å². The van der Waals surface area contributed by atoms with Gasteiger partial charge < -0.3 is 4.90 Å². The van der Waals surface area contributed by atoms with Crippen LogP contribution in [0.1, 0.15) is 5.56 Å². The standard InChI is InChI=1S/C33H26N2O/c36-33(35(30-17-9-3-10-18-30)31-19-11-4-12-20-31)26-23-27-21-24-32(25-22-27)34(28-13-5-1-6-14-28)29-15-7-2-8-16-29/h1-26H. The van der Waals surface area contributed by atoms with Gasteiger partial charge >= 0.3 is 0 Å². The van der Waals surface area contributed by atoms with Crippen LogP contribution in [0, 0.1) is 0 Å². The topological polar surface area (TPSA) is 23.6 Å². The number of hydrogen-bond donors (Lipinski definition) is 0. The first kappa shape index (κ1) is 22.9. The Labute approximate surface area is 212 Å². The van der Waals surface area contributed by atoms with Crippen LogP contribution in [0.15, 0.2) is 152 Å². The lowest BCUT2D eigenvalue weighted by Gasteiger charge is -2.25. The van der Waals surface area contributed by atoms with Crippen molar-refractivity contribution in [3.8, 4) is 0 Å². The van der Waals surface area contributed by atoms with Gasteiger partial charge in [-0.1, -0.05) is 84.9 Å². The lowest BCUT2D eigenvalue weighted by atomic mass is 10.1. The van der Waals surface area contributed by atoms with E-state index in [9.17, 15) is 4.79 Å². The molecule has 174 valence electrons. The van der Waals surface area contributed by atoms with Crippen LogP contribution in [0.3, 0.4) is 0 Å². The lowest BCUT2D eigenvalue weighted by molar-refractivity contribution is -0.113. The molecule has 0 bridgehead atoms. The minimum Gasteiger partial charge on any atom is -0.311 e. The summed E-state index contributed by atoms with van der Waals surface area (Å²) >= 11 is 0. The Morgan fingerprint density at radius 3 is 1.22 bits per heavy atom. The van der Waals surface area contributed by atoms with Crippen LogP contribution in [-0.2, 0) is 4.79 Å². The maximum atomic E-state index is 13.3. The molecule has 0 unspecified atom stereocenters. The van der Waals surface area contributed by atoms with Crippen molar-refractivity contribution in [3.05, 3.63) is 157 Å². The van der Waals surface area contributed by atoms with Crippen LogP contribution in [0.5, 0.6) is 0 Å². The largest absolute Gasteiger partial charge is 0.311 e. The van der Waals surface area contributed by atoms with Gasteiger partial charge in [-0.15, -0.1) is 0 Å². The van der Waals surface area contributed by atoms with Crippen molar-refractivity contribution in [2.45, 2.75) is 0 Å². The molecule has 0 aromatic heterocycles. The van der Waals surface area contributed by atoms with Gasteiger partial charge in [0.15, 0.2) is 0 Å². The zero-order valence-corrected chi connectivity index (χ0v) is 19.8. The fraction of sp³-hybridized carbons (Fsp3) is 0. The maximum absolute atomic E-state index is 13.3. The maximum Gasteiger partial charge on any atom is 0.255 e. The summed E-state index contributed by atoms with van der Waals surface area (Å²) in [6.45, 7) is 0. The monoisotopic (exact) mass is 466 g/mol. The molecule has 0 aliphatic rings. The first-order valence-electron chi connectivity index (χ1n) is 11.9. The number of amides is 1. The van der Waals surface area contributed by atoms with E-state index in [1.807, 2.05) is 115 Å². The SMILES string of the molecule is O=C(C=Cc1ccc(N(c2ccccc2)c2ccccc2)cc1)N(c1ccccc1)c1ccccc1. The second-order valence-corrected chi connectivity index (χ2v) is 8.28. The van der Waals surface area contributed by atoms with E-state index in [4.69, 9.17) is 0 Å². The molecule has 0 aliphatic heterocycles. The summed E-state index contributed by atoms with van der Waals surface area (Å²) < 4.78 is 0. The first-order valence-corrected chi connectivity index (χ1v) is 11.9. The molecule has 0 atom stereocenters. The zero-order valence-electron chi connectivity index (χ0n) is 19.8. The van der Waals surface area contributed by atoms with Gasteiger partial charge in [-0.25, -0.2) is 0 Å². The summed E-state index contributed by atoms with van der Waals surface area (Å²) in [7, 11) is 0. The summed E-state index contributed by atoms with van der Waals surface area (Å²) in [6, 6.07) is 48.2. The minimum atomic E-state index is -0.105. The molecule has 0 fully saturated rings. The molecule has 36 heavy (non-hydrogen) atoms. The van der Waals surface area contributed by atoms with Gasteiger partial charge in [-0.2, -0.15) is 0 Å². The van der Waals surface area contributed by atoms with Crippen LogP contribution in [0.25, 0.3) is 6.08 Å². The first-order chi connectivity index (χ1) is 17.8. The third kappa shape index (κ3) is 5.26. The second kappa shape index (κ2) is 11.0. The molecule has 0 spiro atoms. The Morgan fingerprint density at radius 1 is 0.444 bits per heavy atom. The highest BCUT2D eigenvalue weighted by Gasteiger charge is 2.15. The molecule has 5 rings (SSSR count). The van der Waals surface area contributed by atoms with E-state index < -0.39 is 0 Å². The van der Waals surface area contributed by atoms with E-state index >= 15 is 0 Å². The van der Waals surface area contributed by atoms with Gasteiger partial charge in [-0.3, -0.25) is 9.69 Å². The van der Waals surface area contributed by atoms with Crippen molar-refractivity contribution in [3.63, 3.8) is 0 Å². The number of carbonyl (C=O) groups is 1. The molecule has 0 aliphatic carbocycles. The zero-order chi connectivity index (χ0) is 24.6. The Hall–Kier alpha value is -4.89. The Kier molecular flexibility index (Phi) is 7.01. The third-order valence-corrected chi connectivity index (χ3v) is 5.85. The van der Waals surface area contributed by atoms with Crippen LogP contribution in [0.4, 0.5) is 28.4 Å². The average molecular weight is 467 g/mol. The number of rotatable bonds is 7. The van der Waals surface area contributed by atoms with Crippen molar-refractivity contribution < 1.29 is 4.79 Å². The number of hydrogen-bond acceptors (Lipinski definition) is 2. The minimum absolute atomic E-state index is 0.105. The summed E-state index contributed by atoms with van der Waals surface area (Å²) in [6.07, 6.45) is 3.49. The molecule has 0 saturated heterocycles. The van der Waals surface area contributed by atoms with E-state index in [-0.39, 0.29) is 5.91 Å². The second-order valence-electron chi connectivity index (χ2n) is 8.28. The van der Waals surface area contributed by atoms with E-state index in [1.54, 1.807) is 11.0 Å². The summed E-state index contributed by atoms with van der Waals surface area (Å²) in [5.41, 5.74) is 5.83. The summed E-state index contributed by atoms with van der Waals surface area (Å²) in [4.78, 5) is 17.2. The molecule has 0 saturated carbocycles. The molecular formula is C33H26N2O. The fourth-order valence-corrected chi connectivity index (χ4v) is 4.14. The Bertz CT molecular complexity index is 1340. The fourth-order valence-electron chi connectivity index (χ4n) is 4.14. The van der Waals surface area contributed by atoms with Crippen molar-refractivity contribution >= 4 is 40.4 Å². The number of benzene rings is 5. The summed E-state index contributed by atoms with van der Waals surface area (Å²) in [5.74, 6) is -0.105. The Morgan fingerprint density at radius 2 is 0.806 bits per heavy atom. The predicted octanol–water partition coefficient (Wildman–Crippen LogP) is 8.53. The van der Waals surface area contributed by atoms with Crippen molar-refractivity contribution in [2.75, 3.05) is 9.80 Å². The number of carbonyl (C=O) groups excluding carboxylic acids is 1.